The lowest BCUT2D eigenvalue weighted by atomic mass is 9.82. The molecule has 158 valence electrons. The molecule has 1 aromatic carbocycles. The molecule has 2 atom stereocenters. The lowest BCUT2D eigenvalue weighted by molar-refractivity contribution is 0.0591. The maximum absolute atomic E-state index is 13.4. The second-order valence-corrected chi connectivity index (χ2v) is 8.55. The molecule has 2 aromatic heterocycles. The van der Waals surface area contributed by atoms with Crippen molar-refractivity contribution in [3.63, 3.8) is 0 Å². The van der Waals surface area contributed by atoms with Gasteiger partial charge in [0.25, 0.3) is 11.5 Å². The minimum Gasteiger partial charge on any atom is -0.496 e. The number of hydrogen-bond acceptors (Lipinski definition) is 4. The van der Waals surface area contributed by atoms with Crippen LogP contribution in [0.2, 0.25) is 0 Å². The fraction of sp³-hybridized carbons (Fsp3) is 0.320. The summed E-state index contributed by atoms with van der Waals surface area (Å²) in [5, 5.41) is 0. The van der Waals surface area contributed by atoms with Crippen LogP contribution in [0.3, 0.4) is 0 Å². The van der Waals surface area contributed by atoms with Crippen molar-refractivity contribution >= 4 is 5.91 Å². The van der Waals surface area contributed by atoms with Crippen LogP contribution in [0, 0.1) is 12.8 Å². The molecule has 0 N–H and O–H groups in total. The summed E-state index contributed by atoms with van der Waals surface area (Å²) in [4.78, 5) is 32.6. The highest BCUT2D eigenvalue weighted by atomic mass is 16.5. The number of ether oxygens (including phenoxy) is 1. The highest BCUT2D eigenvalue weighted by molar-refractivity contribution is 5.97. The molecular formula is C25H25N3O3. The number of amides is 1. The Morgan fingerprint density at radius 3 is 2.74 bits per heavy atom. The first-order valence-electron chi connectivity index (χ1n) is 10.6. The van der Waals surface area contributed by atoms with Crippen LogP contribution < -0.4 is 10.3 Å². The molecule has 31 heavy (non-hydrogen) atoms. The first kappa shape index (κ1) is 19.5. The van der Waals surface area contributed by atoms with Gasteiger partial charge in [-0.25, -0.2) is 0 Å². The van der Waals surface area contributed by atoms with E-state index in [0.717, 1.165) is 28.9 Å². The first-order chi connectivity index (χ1) is 15.0. The lowest BCUT2D eigenvalue weighted by Crippen LogP contribution is -2.49. The zero-order chi connectivity index (χ0) is 21.5. The molecule has 6 heteroatoms. The second kappa shape index (κ2) is 7.69. The zero-order valence-corrected chi connectivity index (χ0v) is 17.7. The number of benzene rings is 1. The standard InChI is InChI=1S/C25H25N3O3/c1-16-6-7-23(31-2)20(9-16)25(30)27-13-17-10-19(15-27)22-11-18(12-24(29)28(22)14-17)21-5-3-4-8-26-21/h3-9,11-12,17,19H,10,13-15H2,1-2H3/t17-,19+/m0/s1. The van der Waals surface area contributed by atoms with Crippen molar-refractivity contribution in [3.05, 3.63) is 81.9 Å². The molecule has 4 heterocycles. The zero-order valence-electron chi connectivity index (χ0n) is 17.7. The molecule has 2 bridgehead atoms. The largest absolute Gasteiger partial charge is 0.496 e. The third kappa shape index (κ3) is 3.52. The van der Waals surface area contributed by atoms with Crippen LogP contribution in [-0.2, 0) is 6.54 Å². The van der Waals surface area contributed by atoms with Crippen molar-refractivity contribution in [1.82, 2.24) is 14.5 Å². The number of aromatic nitrogens is 2. The molecule has 1 fully saturated rings. The number of piperidine rings is 1. The van der Waals surface area contributed by atoms with Gasteiger partial charge in [0, 0.05) is 49.1 Å². The van der Waals surface area contributed by atoms with Crippen LogP contribution in [0.25, 0.3) is 11.3 Å². The van der Waals surface area contributed by atoms with E-state index in [1.54, 1.807) is 19.4 Å². The van der Waals surface area contributed by atoms with Gasteiger partial charge in [-0.15, -0.1) is 0 Å². The van der Waals surface area contributed by atoms with Gasteiger partial charge < -0.3 is 14.2 Å². The molecule has 0 spiro atoms. The van der Waals surface area contributed by atoms with Gasteiger partial charge in [-0.1, -0.05) is 17.7 Å². The van der Waals surface area contributed by atoms with E-state index in [2.05, 4.69) is 11.1 Å². The average molecular weight is 415 g/mol. The Hall–Kier alpha value is -3.41. The lowest BCUT2D eigenvalue weighted by Gasteiger charge is -2.43. The molecule has 5 rings (SSSR count). The molecule has 1 amide bonds. The Labute approximate surface area is 181 Å². The van der Waals surface area contributed by atoms with Crippen molar-refractivity contribution in [1.29, 1.82) is 0 Å². The molecule has 0 saturated carbocycles. The number of fused-ring (bicyclic) bond motifs is 4. The van der Waals surface area contributed by atoms with Gasteiger partial charge in [0.1, 0.15) is 5.75 Å². The van der Waals surface area contributed by atoms with E-state index in [0.29, 0.717) is 30.9 Å². The monoisotopic (exact) mass is 415 g/mol. The quantitative estimate of drug-likeness (QED) is 0.657. The van der Waals surface area contributed by atoms with Gasteiger partial charge in [-0.2, -0.15) is 0 Å². The van der Waals surface area contributed by atoms with Crippen molar-refractivity contribution < 1.29 is 9.53 Å². The van der Waals surface area contributed by atoms with E-state index in [9.17, 15) is 9.59 Å². The summed E-state index contributed by atoms with van der Waals surface area (Å²) in [6.45, 7) is 3.86. The highest BCUT2D eigenvalue weighted by Crippen LogP contribution is 2.37. The first-order valence-corrected chi connectivity index (χ1v) is 10.6. The summed E-state index contributed by atoms with van der Waals surface area (Å²) in [6.07, 6.45) is 2.72. The predicted molar refractivity (Wildman–Crippen MR) is 118 cm³/mol. The molecular weight excluding hydrogens is 390 g/mol. The normalized spacial score (nSPS) is 19.6. The van der Waals surface area contributed by atoms with E-state index in [-0.39, 0.29) is 23.3 Å². The van der Waals surface area contributed by atoms with Crippen LogP contribution in [0.4, 0.5) is 0 Å². The van der Waals surface area contributed by atoms with Gasteiger partial charge in [-0.05, 0) is 49.6 Å². The minimum atomic E-state index is -0.00747. The maximum Gasteiger partial charge on any atom is 0.257 e. The predicted octanol–water partition coefficient (Wildman–Crippen LogP) is 3.49. The van der Waals surface area contributed by atoms with E-state index in [4.69, 9.17) is 4.74 Å². The van der Waals surface area contributed by atoms with Crippen LogP contribution in [-0.4, -0.2) is 40.6 Å². The number of carbonyl (C=O) groups excluding carboxylic acids is 1. The van der Waals surface area contributed by atoms with Gasteiger partial charge in [-0.3, -0.25) is 14.6 Å². The number of hydrogen-bond donors (Lipinski definition) is 0. The van der Waals surface area contributed by atoms with Gasteiger partial charge in [0.2, 0.25) is 0 Å². The van der Waals surface area contributed by atoms with Crippen LogP contribution >= 0.6 is 0 Å². The number of likely N-dealkylation sites (tertiary alicyclic amines) is 1. The van der Waals surface area contributed by atoms with Crippen LogP contribution in [0.1, 0.15) is 34.0 Å². The molecule has 0 unspecified atom stereocenters. The van der Waals surface area contributed by atoms with Crippen molar-refractivity contribution in [2.45, 2.75) is 25.8 Å². The van der Waals surface area contributed by atoms with Crippen molar-refractivity contribution in [3.8, 4) is 17.0 Å². The van der Waals surface area contributed by atoms with Crippen molar-refractivity contribution in [2.75, 3.05) is 20.2 Å². The maximum atomic E-state index is 13.4. The molecule has 6 nitrogen and oxygen atoms in total. The molecule has 0 radical (unpaired) electrons. The summed E-state index contributed by atoms with van der Waals surface area (Å²) in [5.41, 5.74) is 4.25. The average Bonchev–Trinajstić information content (AvgIpc) is 2.79. The third-order valence-corrected chi connectivity index (χ3v) is 6.39. The fourth-order valence-corrected chi connectivity index (χ4v) is 4.97. The SMILES string of the molecule is COc1ccc(C)cc1C(=O)N1C[C@@H]2C[C@H](C1)c1cc(-c3ccccn3)cc(=O)n1C2. The van der Waals surface area contributed by atoms with E-state index < -0.39 is 0 Å². The van der Waals surface area contributed by atoms with E-state index in [1.165, 1.54) is 0 Å². The number of rotatable bonds is 3. The number of aryl methyl sites for hydroxylation is 1. The van der Waals surface area contributed by atoms with Gasteiger partial charge >= 0.3 is 0 Å². The second-order valence-electron chi connectivity index (χ2n) is 8.55. The smallest absolute Gasteiger partial charge is 0.257 e. The van der Waals surface area contributed by atoms with Crippen LogP contribution in [0.15, 0.2) is 59.5 Å². The molecule has 0 aliphatic carbocycles. The summed E-state index contributed by atoms with van der Waals surface area (Å²) in [5.74, 6) is 0.986. The number of carbonyl (C=O) groups is 1. The molecule has 1 saturated heterocycles. The summed E-state index contributed by atoms with van der Waals surface area (Å²) < 4.78 is 7.33. The van der Waals surface area contributed by atoms with E-state index in [1.807, 2.05) is 52.8 Å². The topological polar surface area (TPSA) is 64.4 Å². The Morgan fingerprint density at radius 2 is 1.97 bits per heavy atom. The van der Waals surface area contributed by atoms with Crippen LogP contribution in [0.5, 0.6) is 5.75 Å². The van der Waals surface area contributed by atoms with Gasteiger partial charge in [0.05, 0.1) is 18.4 Å². The summed E-state index contributed by atoms with van der Waals surface area (Å²) in [6, 6.07) is 15.1. The Bertz CT molecular complexity index is 1200. The van der Waals surface area contributed by atoms with Gasteiger partial charge in [0.15, 0.2) is 0 Å². The Morgan fingerprint density at radius 1 is 1.10 bits per heavy atom. The molecule has 2 aliphatic rings. The number of methoxy groups -OCH3 is 1. The molecule has 2 aliphatic heterocycles. The highest BCUT2D eigenvalue weighted by Gasteiger charge is 2.37. The summed E-state index contributed by atoms with van der Waals surface area (Å²) >= 11 is 0. The van der Waals surface area contributed by atoms with E-state index >= 15 is 0 Å². The number of nitrogens with zero attached hydrogens (tertiary/aromatic N) is 3. The molecule has 3 aromatic rings. The fourth-order valence-electron chi connectivity index (χ4n) is 4.97. The Balaban J connectivity index is 1.49. The summed E-state index contributed by atoms with van der Waals surface area (Å²) in [7, 11) is 1.59. The number of pyridine rings is 2. The van der Waals surface area contributed by atoms with Crippen molar-refractivity contribution in [2.24, 2.45) is 5.92 Å². The Kier molecular flexibility index (Phi) is 4.85. The minimum absolute atomic E-state index is 0.00739. The third-order valence-electron chi connectivity index (χ3n) is 6.39.